The van der Waals surface area contributed by atoms with Crippen LogP contribution in [0.5, 0.6) is 0 Å². The van der Waals surface area contributed by atoms with Crippen LogP contribution < -0.4 is 5.32 Å². The van der Waals surface area contributed by atoms with Gasteiger partial charge >= 0.3 is 0 Å². The van der Waals surface area contributed by atoms with Gasteiger partial charge in [0.1, 0.15) is 6.61 Å². The Kier molecular flexibility index (Phi) is 6.18. The molecule has 0 saturated carbocycles. The first-order valence-electron chi connectivity index (χ1n) is 7.04. The van der Waals surface area contributed by atoms with E-state index in [2.05, 4.69) is 14.9 Å². The second-order valence-electron chi connectivity index (χ2n) is 4.68. The lowest BCUT2D eigenvalue weighted by Gasteiger charge is -2.07. The summed E-state index contributed by atoms with van der Waals surface area (Å²) in [5, 5.41) is 2.83. The van der Waals surface area contributed by atoms with Crippen LogP contribution in [0.25, 0.3) is 11.0 Å². The van der Waals surface area contributed by atoms with E-state index in [4.69, 9.17) is 9.47 Å². The van der Waals surface area contributed by atoms with Gasteiger partial charge in [0.2, 0.25) is 5.91 Å². The van der Waals surface area contributed by atoms with Crippen LogP contribution in [0, 0.1) is 0 Å². The van der Waals surface area contributed by atoms with Gasteiger partial charge in [-0.25, -0.2) is 4.98 Å². The number of rotatable bonds is 9. The highest BCUT2D eigenvalue weighted by atomic mass is 16.5. The van der Waals surface area contributed by atoms with E-state index in [-0.39, 0.29) is 12.5 Å². The third kappa shape index (κ3) is 4.84. The number of nitrogens with zero attached hydrogens (tertiary/aromatic N) is 2. The molecule has 1 aromatic heterocycles. The minimum absolute atomic E-state index is 0.0807. The second kappa shape index (κ2) is 8.39. The van der Waals surface area contributed by atoms with Crippen molar-refractivity contribution in [2.24, 2.45) is 0 Å². The smallest absolute Gasteiger partial charge is 0.246 e. The molecular formula is C15H21N3O3. The Balaban J connectivity index is 1.64. The summed E-state index contributed by atoms with van der Waals surface area (Å²) in [6.07, 6.45) is 2.69. The molecule has 114 valence electrons. The van der Waals surface area contributed by atoms with Crippen molar-refractivity contribution in [3.05, 3.63) is 30.6 Å². The van der Waals surface area contributed by atoms with Gasteiger partial charge in [0.15, 0.2) is 0 Å². The standard InChI is InChI=1S/C15H21N3O3/c1-20-9-10-21-11-15(19)16-7-4-8-18-12-17-13-5-2-3-6-14(13)18/h2-3,5-6,12H,4,7-11H2,1H3,(H,16,19). The summed E-state index contributed by atoms with van der Waals surface area (Å²) in [6, 6.07) is 8.01. The molecule has 1 N–H and O–H groups in total. The fourth-order valence-corrected chi connectivity index (χ4v) is 2.02. The number of aryl methyl sites for hydroxylation is 1. The van der Waals surface area contributed by atoms with E-state index >= 15 is 0 Å². The largest absolute Gasteiger partial charge is 0.382 e. The summed E-state index contributed by atoms with van der Waals surface area (Å²) in [5.41, 5.74) is 2.11. The Morgan fingerprint density at radius 1 is 1.33 bits per heavy atom. The molecule has 0 aliphatic rings. The van der Waals surface area contributed by atoms with E-state index in [9.17, 15) is 4.79 Å². The molecule has 0 saturated heterocycles. The van der Waals surface area contributed by atoms with E-state index in [1.165, 1.54) is 0 Å². The average molecular weight is 291 g/mol. The number of carbonyl (C=O) groups is 1. The van der Waals surface area contributed by atoms with Crippen molar-refractivity contribution in [2.75, 3.05) is 33.5 Å². The Labute approximate surface area is 124 Å². The maximum atomic E-state index is 11.5. The lowest BCUT2D eigenvalue weighted by Crippen LogP contribution is -2.29. The van der Waals surface area contributed by atoms with E-state index in [0.29, 0.717) is 19.8 Å². The van der Waals surface area contributed by atoms with Gasteiger partial charge in [-0.15, -0.1) is 0 Å². The lowest BCUT2D eigenvalue weighted by atomic mass is 10.3. The van der Waals surface area contributed by atoms with Gasteiger partial charge in [-0.05, 0) is 18.6 Å². The zero-order valence-corrected chi connectivity index (χ0v) is 12.2. The van der Waals surface area contributed by atoms with Crippen molar-refractivity contribution in [1.29, 1.82) is 0 Å². The first-order chi connectivity index (χ1) is 10.3. The number of fused-ring (bicyclic) bond motifs is 1. The summed E-state index contributed by atoms with van der Waals surface area (Å²) in [6.45, 7) is 2.47. The number of nitrogens with one attached hydrogen (secondary N) is 1. The van der Waals surface area contributed by atoms with Crippen LogP contribution in [-0.2, 0) is 20.8 Å². The summed E-state index contributed by atoms with van der Waals surface area (Å²) >= 11 is 0. The van der Waals surface area contributed by atoms with Crippen LogP contribution >= 0.6 is 0 Å². The Bertz CT molecular complexity index is 568. The Morgan fingerprint density at radius 3 is 3.05 bits per heavy atom. The van der Waals surface area contributed by atoms with E-state index in [1.54, 1.807) is 7.11 Å². The molecule has 1 aromatic carbocycles. The van der Waals surface area contributed by atoms with Gasteiger partial charge in [0.25, 0.3) is 0 Å². The van der Waals surface area contributed by atoms with Gasteiger partial charge in [0, 0.05) is 20.2 Å². The van der Waals surface area contributed by atoms with Crippen LogP contribution in [0.1, 0.15) is 6.42 Å². The van der Waals surface area contributed by atoms with E-state index < -0.39 is 0 Å². The monoisotopic (exact) mass is 291 g/mol. The number of benzene rings is 1. The molecule has 2 aromatic rings. The molecule has 6 nitrogen and oxygen atoms in total. The molecule has 1 amide bonds. The van der Waals surface area contributed by atoms with Crippen LogP contribution in [-0.4, -0.2) is 48.9 Å². The third-order valence-electron chi connectivity index (χ3n) is 3.09. The predicted molar refractivity (Wildman–Crippen MR) is 80.1 cm³/mol. The van der Waals surface area contributed by atoms with Gasteiger partial charge in [0.05, 0.1) is 30.6 Å². The van der Waals surface area contributed by atoms with Gasteiger partial charge in [-0.2, -0.15) is 0 Å². The number of amides is 1. The molecule has 0 fully saturated rings. The first-order valence-corrected chi connectivity index (χ1v) is 7.04. The lowest BCUT2D eigenvalue weighted by molar-refractivity contribution is -0.126. The molecule has 6 heteroatoms. The molecule has 1 heterocycles. The van der Waals surface area contributed by atoms with Crippen molar-refractivity contribution in [1.82, 2.24) is 14.9 Å². The maximum absolute atomic E-state index is 11.5. The zero-order chi connectivity index (χ0) is 14.9. The quantitative estimate of drug-likeness (QED) is 0.705. The van der Waals surface area contributed by atoms with E-state index in [1.807, 2.05) is 30.6 Å². The highest BCUT2D eigenvalue weighted by molar-refractivity contribution is 5.77. The topological polar surface area (TPSA) is 65.4 Å². The molecule has 0 radical (unpaired) electrons. The number of carbonyl (C=O) groups excluding carboxylic acids is 1. The molecule has 0 unspecified atom stereocenters. The molecule has 21 heavy (non-hydrogen) atoms. The molecule has 0 spiro atoms. The minimum atomic E-state index is -0.0957. The molecule has 0 atom stereocenters. The van der Waals surface area contributed by atoms with Crippen molar-refractivity contribution < 1.29 is 14.3 Å². The zero-order valence-electron chi connectivity index (χ0n) is 12.2. The number of aromatic nitrogens is 2. The number of para-hydroxylation sites is 2. The molecular weight excluding hydrogens is 270 g/mol. The van der Waals surface area contributed by atoms with Crippen molar-refractivity contribution in [3.63, 3.8) is 0 Å². The maximum Gasteiger partial charge on any atom is 0.246 e. The number of hydrogen-bond donors (Lipinski definition) is 1. The highest BCUT2D eigenvalue weighted by Gasteiger charge is 2.02. The number of hydrogen-bond acceptors (Lipinski definition) is 4. The Morgan fingerprint density at radius 2 is 2.19 bits per heavy atom. The highest BCUT2D eigenvalue weighted by Crippen LogP contribution is 2.11. The summed E-state index contributed by atoms with van der Waals surface area (Å²) in [7, 11) is 1.60. The van der Waals surface area contributed by atoms with Crippen molar-refractivity contribution in [2.45, 2.75) is 13.0 Å². The Hall–Kier alpha value is -1.92. The molecule has 0 aliphatic heterocycles. The average Bonchev–Trinajstić information content (AvgIpc) is 2.91. The molecule has 0 aliphatic carbocycles. The van der Waals surface area contributed by atoms with Gasteiger partial charge in [-0.1, -0.05) is 12.1 Å². The van der Waals surface area contributed by atoms with Crippen LogP contribution in [0.15, 0.2) is 30.6 Å². The van der Waals surface area contributed by atoms with E-state index in [0.717, 1.165) is 24.0 Å². The summed E-state index contributed by atoms with van der Waals surface area (Å²) in [5.74, 6) is -0.0957. The third-order valence-corrected chi connectivity index (χ3v) is 3.09. The predicted octanol–water partition coefficient (Wildman–Crippen LogP) is 1.21. The van der Waals surface area contributed by atoms with Crippen LogP contribution in [0.3, 0.4) is 0 Å². The second-order valence-corrected chi connectivity index (χ2v) is 4.68. The minimum Gasteiger partial charge on any atom is -0.382 e. The van der Waals surface area contributed by atoms with Crippen LogP contribution in [0.4, 0.5) is 0 Å². The number of ether oxygens (including phenoxy) is 2. The van der Waals surface area contributed by atoms with Crippen molar-refractivity contribution in [3.8, 4) is 0 Å². The number of imidazole rings is 1. The first kappa shape index (κ1) is 15.5. The van der Waals surface area contributed by atoms with Gasteiger partial charge < -0.3 is 19.4 Å². The fraction of sp³-hybridized carbons (Fsp3) is 0.467. The SMILES string of the molecule is COCCOCC(=O)NCCCn1cnc2ccccc21. The normalized spacial score (nSPS) is 10.9. The van der Waals surface area contributed by atoms with Gasteiger partial charge in [-0.3, -0.25) is 4.79 Å². The van der Waals surface area contributed by atoms with Crippen molar-refractivity contribution >= 4 is 16.9 Å². The molecule has 2 rings (SSSR count). The fourth-order valence-electron chi connectivity index (χ4n) is 2.02. The molecule has 0 bridgehead atoms. The summed E-state index contributed by atoms with van der Waals surface area (Å²) in [4.78, 5) is 15.8. The van der Waals surface area contributed by atoms with Crippen LogP contribution in [0.2, 0.25) is 0 Å². The summed E-state index contributed by atoms with van der Waals surface area (Å²) < 4.78 is 12.1. The number of methoxy groups -OCH3 is 1.